The molecular weight excluding hydrogens is 156 g/mol. The van der Waals surface area contributed by atoms with Crippen molar-refractivity contribution in [2.75, 3.05) is 0 Å². The van der Waals surface area contributed by atoms with Gasteiger partial charge in [-0.25, -0.2) is 0 Å². The van der Waals surface area contributed by atoms with Crippen LogP contribution in [0.25, 0.3) is 0 Å². The molecule has 0 heterocycles. The Hall–Kier alpha value is -0.120. The largest absolute Gasteiger partial charge is 0.394 e. The molecule has 0 radical (unpaired) electrons. The first kappa shape index (κ1) is 14.4. The molecule has 3 nitrogen and oxygen atoms in total. The quantitative estimate of drug-likeness (QED) is 0.589. The molecule has 0 aliphatic heterocycles. The molecule has 0 amide bonds. The molecule has 12 heavy (non-hydrogen) atoms. The van der Waals surface area contributed by atoms with E-state index in [0.717, 1.165) is 0 Å². The van der Waals surface area contributed by atoms with E-state index < -0.39 is 11.7 Å². The first-order chi connectivity index (χ1) is 5.15. The Kier molecular flexibility index (Phi) is 7.69. The average molecular weight is 178 g/mol. The van der Waals surface area contributed by atoms with Gasteiger partial charge in [0.25, 0.3) is 0 Å². The van der Waals surface area contributed by atoms with Crippen LogP contribution in [0.5, 0.6) is 0 Å². The van der Waals surface area contributed by atoms with Gasteiger partial charge in [0.05, 0.1) is 11.7 Å². The van der Waals surface area contributed by atoms with Gasteiger partial charge in [-0.05, 0) is 34.6 Å². The van der Waals surface area contributed by atoms with Crippen molar-refractivity contribution in [1.29, 1.82) is 0 Å². The summed E-state index contributed by atoms with van der Waals surface area (Å²) in [6.07, 6.45) is -0.137. The summed E-state index contributed by atoms with van der Waals surface area (Å²) in [5.74, 6) is 0. The zero-order chi connectivity index (χ0) is 10.4. The van der Waals surface area contributed by atoms with Crippen LogP contribution in [0, 0.1) is 0 Å². The van der Waals surface area contributed by atoms with Crippen molar-refractivity contribution in [3.05, 3.63) is 0 Å². The van der Waals surface area contributed by atoms with E-state index in [2.05, 4.69) is 0 Å². The van der Waals surface area contributed by atoms with Gasteiger partial charge in [0, 0.05) is 12.5 Å². The molecule has 0 saturated heterocycles. The van der Waals surface area contributed by atoms with Gasteiger partial charge in [0.1, 0.15) is 0 Å². The molecule has 0 aliphatic rings. The third kappa shape index (κ3) is 32.7. The summed E-state index contributed by atoms with van der Waals surface area (Å²) in [5, 5.41) is 25.8. The van der Waals surface area contributed by atoms with Crippen LogP contribution in [-0.4, -0.2) is 33.1 Å². The molecule has 0 aliphatic carbocycles. The fraction of sp³-hybridized carbons (Fsp3) is 1.00. The minimum Gasteiger partial charge on any atom is -0.394 e. The molecule has 1 atom stereocenters. The first-order valence-corrected chi connectivity index (χ1v) is 4.23. The van der Waals surface area contributed by atoms with Gasteiger partial charge in [-0.3, -0.25) is 0 Å². The van der Waals surface area contributed by atoms with Gasteiger partial charge in [0.15, 0.2) is 0 Å². The Labute approximate surface area is 75.0 Å². The highest BCUT2D eigenvalue weighted by atomic mass is 16.3. The lowest BCUT2D eigenvalue weighted by Crippen LogP contribution is -2.24. The van der Waals surface area contributed by atoms with E-state index in [9.17, 15) is 0 Å². The normalized spacial score (nSPS) is 13.8. The smallest absolute Gasteiger partial charge is 0.0616 e. The molecule has 0 saturated carbocycles. The Morgan fingerprint density at radius 3 is 1.33 bits per heavy atom. The lowest BCUT2D eigenvalue weighted by Gasteiger charge is -2.17. The first-order valence-electron chi connectivity index (χ1n) is 4.23. The van der Waals surface area contributed by atoms with Crippen LogP contribution in [0.1, 0.15) is 41.0 Å². The number of hydrogen-bond acceptors (Lipinski definition) is 3. The summed E-state index contributed by atoms with van der Waals surface area (Å²) in [4.78, 5) is 0. The molecule has 0 fully saturated rings. The summed E-state index contributed by atoms with van der Waals surface area (Å²) in [5.41, 5.74) is -0.728. The Balaban J connectivity index is 0. The van der Waals surface area contributed by atoms with Crippen LogP contribution in [-0.2, 0) is 0 Å². The van der Waals surface area contributed by atoms with Gasteiger partial charge in [0.2, 0.25) is 0 Å². The van der Waals surface area contributed by atoms with E-state index >= 15 is 0 Å². The standard InChI is InChI=1S/C6H14O2.C3H8O/c1-5(7)4-6(2,3)8;1-3(2)4/h5,7-8H,4H2,1-3H3;3-4H,1-2H3. The predicted octanol–water partition coefficient (Wildman–Crippen LogP) is 0.915. The fourth-order valence-electron chi connectivity index (χ4n) is 0.723. The van der Waals surface area contributed by atoms with Crippen molar-refractivity contribution in [2.24, 2.45) is 0 Å². The molecule has 76 valence electrons. The van der Waals surface area contributed by atoms with Crippen LogP contribution >= 0.6 is 0 Å². The maximum absolute atomic E-state index is 9.03. The van der Waals surface area contributed by atoms with Gasteiger partial charge in [-0.2, -0.15) is 0 Å². The van der Waals surface area contributed by atoms with Crippen LogP contribution in [0.2, 0.25) is 0 Å². The minimum atomic E-state index is -0.728. The Bertz CT molecular complexity index is 89.7. The number of aliphatic hydroxyl groups excluding tert-OH is 2. The highest BCUT2D eigenvalue weighted by Crippen LogP contribution is 2.09. The van der Waals surface area contributed by atoms with Crippen molar-refractivity contribution in [1.82, 2.24) is 0 Å². The van der Waals surface area contributed by atoms with E-state index in [0.29, 0.717) is 6.42 Å². The fourth-order valence-corrected chi connectivity index (χ4v) is 0.723. The number of rotatable bonds is 2. The molecule has 1 unspecified atom stereocenters. The molecule has 0 spiro atoms. The summed E-state index contributed by atoms with van der Waals surface area (Å²) in [6.45, 7) is 8.47. The SMILES string of the molecule is CC(C)O.CC(O)CC(C)(C)O. The lowest BCUT2D eigenvalue weighted by molar-refractivity contribution is 0.0249. The maximum Gasteiger partial charge on any atom is 0.0616 e. The lowest BCUT2D eigenvalue weighted by atomic mass is 10.0. The van der Waals surface area contributed by atoms with Crippen molar-refractivity contribution in [3.63, 3.8) is 0 Å². The average Bonchev–Trinajstić information content (AvgIpc) is 1.52. The van der Waals surface area contributed by atoms with E-state index in [1.165, 1.54) is 0 Å². The molecule has 0 aromatic heterocycles. The monoisotopic (exact) mass is 178 g/mol. The second-order valence-corrected chi connectivity index (χ2v) is 3.96. The van der Waals surface area contributed by atoms with Crippen molar-refractivity contribution in [2.45, 2.75) is 58.8 Å². The van der Waals surface area contributed by atoms with Crippen LogP contribution < -0.4 is 0 Å². The molecule has 0 rings (SSSR count). The molecule has 0 aromatic carbocycles. The van der Waals surface area contributed by atoms with Crippen LogP contribution in [0.15, 0.2) is 0 Å². The van der Waals surface area contributed by atoms with Crippen LogP contribution in [0.3, 0.4) is 0 Å². The van der Waals surface area contributed by atoms with Gasteiger partial charge in [-0.15, -0.1) is 0 Å². The highest BCUT2D eigenvalue weighted by Gasteiger charge is 2.14. The molecule has 0 bridgehead atoms. The molecular formula is C9H22O3. The van der Waals surface area contributed by atoms with Crippen LogP contribution in [0.4, 0.5) is 0 Å². The Morgan fingerprint density at radius 1 is 1.08 bits per heavy atom. The zero-order valence-electron chi connectivity index (χ0n) is 8.70. The minimum absolute atomic E-state index is 0.167. The number of hydrogen-bond donors (Lipinski definition) is 3. The third-order valence-corrected chi connectivity index (χ3v) is 0.795. The van der Waals surface area contributed by atoms with Crippen molar-refractivity contribution < 1.29 is 15.3 Å². The second kappa shape index (κ2) is 6.40. The summed E-state index contributed by atoms with van der Waals surface area (Å²) in [6, 6.07) is 0. The maximum atomic E-state index is 9.03. The highest BCUT2D eigenvalue weighted by molar-refractivity contribution is 4.67. The van der Waals surface area contributed by atoms with Gasteiger partial charge >= 0.3 is 0 Å². The van der Waals surface area contributed by atoms with Gasteiger partial charge in [-0.1, -0.05) is 0 Å². The predicted molar refractivity (Wildman–Crippen MR) is 50.0 cm³/mol. The van der Waals surface area contributed by atoms with E-state index in [1.54, 1.807) is 34.6 Å². The molecule has 3 N–H and O–H groups in total. The summed E-state index contributed by atoms with van der Waals surface area (Å²) < 4.78 is 0. The summed E-state index contributed by atoms with van der Waals surface area (Å²) in [7, 11) is 0. The topological polar surface area (TPSA) is 60.7 Å². The Morgan fingerprint density at radius 2 is 1.33 bits per heavy atom. The summed E-state index contributed by atoms with van der Waals surface area (Å²) >= 11 is 0. The van der Waals surface area contributed by atoms with Crippen molar-refractivity contribution in [3.8, 4) is 0 Å². The van der Waals surface area contributed by atoms with Crippen molar-refractivity contribution >= 4 is 0 Å². The van der Waals surface area contributed by atoms with E-state index in [-0.39, 0.29) is 6.10 Å². The van der Waals surface area contributed by atoms with E-state index in [4.69, 9.17) is 15.3 Å². The van der Waals surface area contributed by atoms with E-state index in [1.807, 2.05) is 0 Å². The molecule has 0 aromatic rings. The number of aliphatic hydroxyl groups is 3. The second-order valence-electron chi connectivity index (χ2n) is 3.96. The third-order valence-electron chi connectivity index (χ3n) is 0.795. The van der Waals surface area contributed by atoms with Gasteiger partial charge < -0.3 is 15.3 Å². The zero-order valence-corrected chi connectivity index (χ0v) is 8.70. The molecule has 3 heteroatoms.